The van der Waals surface area contributed by atoms with Gasteiger partial charge in [0.15, 0.2) is 0 Å². The van der Waals surface area contributed by atoms with Crippen molar-refractivity contribution < 1.29 is 9.53 Å². The quantitative estimate of drug-likeness (QED) is 0.850. The molecular weight excluding hydrogens is 304 g/mol. The highest BCUT2D eigenvalue weighted by Crippen LogP contribution is 2.14. The molecule has 0 unspecified atom stereocenters. The molecule has 3 rings (SSSR count). The Morgan fingerprint density at radius 2 is 2.33 bits per heavy atom. The first-order valence-electron chi connectivity index (χ1n) is 8.22. The van der Waals surface area contributed by atoms with Crippen molar-refractivity contribution in [3.05, 3.63) is 53.9 Å². The summed E-state index contributed by atoms with van der Waals surface area (Å²) < 4.78 is 5.69. The molecule has 0 radical (unpaired) electrons. The van der Waals surface area contributed by atoms with E-state index >= 15 is 0 Å². The third-order valence-electron chi connectivity index (χ3n) is 4.13. The van der Waals surface area contributed by atoms with Crippen molar-refractivity contribution >= 4 is 5.91 Å². The molecule has 1 amide bonds. The second-order valence-corrected chi connectivity index (χ2v) is 6.17. The molecular formula is C18H22N4O2. The lowest BCUT2D eigenvalue weighted by Crippen LogP contribution is -2.37. The lowest BCUT2D eigenvalue weighted by atomic mass is 10.0. The third kappa shape index (κ3) is 4.58. The molecule has 0 N–H and O–H groups in total. The fourth-order valence-electron chi connectivity index (χ4n) is 2.94. The van der Waals surface area contributed by atoms with Crippen molar-refractivity contribution in [2.75, 3.05) is 26.3 Å². The Hall–Kier alpha value is -2.34. The predicted octanol–water partition coefficient (Wildman–Crippen LogP) is 1.44. The highest BCUT2D eigenvalue weighted by Gasteiger charge is 2.23. The predicted molar refractivity (Wildman–Crippen MR) is 89.3 cm³/mol. The Labute approximate surface area is 141 Å². The first-order valence-corrected chi connectivity index (χ1v) is 8.22. The molecule has 1 aliphatic heterocycles. The van der Waals surface area contributed by atoms with Crippen LogP contribution in [-0.2, 0) is 22.4 Å². The van der Waals surface area contributed by atoms with Crippen LogP contribution in [0.5, 0.6) is 0 Å². The monoisotopic (exact) mass is 326 g/mol. The van der Waals surface area contributed by atoms with Gasteiger partial charge in [0.25, 0.3) is 0 Å². The van der Waals surface area contributed by atoms with E-state index < -0.39 is 0 Å². The number of amides is 1. The van der Waals surface area contributed by atoms with Crippen molar-refractivity contribution in [1.29, 1.82) is 0 Å². The molecule has 126 valence electrons. The smallest absolute Gasteiger partial charge is 0.227 e. The molecule has 0 spiro atoms. The molecule has 1 aliphatic rings. The van der Waals surface area contributed by atoms with Crippen LogP contribution in [0.2, 0.25) is 0 Å². The Morgan fingerprint density at radius 3 is 3.12 bits per heavy atom. The number of aryl methyl sites for hydroxylation is 1. The molecule has 1 atom stereocenters. The number of nitrogens with zero attached hydrogens (tertiary/aromatic N) is 4. The zero-order valence-corrected chi connectivity index (χ0v) is 13.9. The number of ether oxygens (including phenoxy) is 1. The summed E-state index contributed by atoms with van der Waals surface area (Å²) in [5, 5.41) is 0. The molecule has 1 saturated heterocycles. The van der Waals surface area contributed by atoms with Crippen LogP contribution in [0, 0.1) is 12.8 Å². The lowest BCUT2D eigenvalue weighted by Gasteiger charge is -2.23. The van der Waals surface area contributed by atoms with Gasteiger partial charge in [-0.25, -0.2) is 9.97 Å². The largest absolute Gasteiger partial charge is 0.379 e. The molecule has 1 fully saturated rings. The molecule has 2 aromatic rings. The lowest BCUT2D eigenvalue weighted by molar-refractivity contribution is -0.130. The average Bonchev–Trinajstić information content (AvgIpc) is 2.81. The minimum absolute atomic E-state index is 0.123. The van der Waals surface area contributed by atoms with Crippen LogP contribution >= 0.6 is 0 Å². The van der Waals surface area contributed by atoms with Gasteiger partial charge in [0.05, 0.1) is 19.6 Å². The summed E-state index contributed by atoms with van der Waals surface area (Å²) in [7, 11) is 0. The minimum atomic E-state index is 0.123. The van der Waals surface area contributed by atoms with E-state index in [0.717, 1.165) is 23.4 Å². The van der Waals surface area contributed by atoms with Gasteiger partial charge in [0.1, 0.15) is 6.33 Å². The van der Waals surface area contributed by atoms with Gasteiger partial charge in [-0.3, -0.25) is 9.78 Å². The van der Waals surface area contributed by atoms with Crippen molar-refractivity contribution in [3.8, 4) is 0 Å². The number of carbonyl (C=O) groups is 1. The summed E-state index contributed by atoms with van der Waals surface area (Å²) in [6, 6.07) is 5.78. The van der Waals surface area contributed by atoms with E-state index in [9.17, 15) is 4.79 Å². The van der Waals surface area contributed by atoms with Crippen LogP contribution in [0.15, 0.2) is 36.9 Å². The molecule has 3 heterocycles. The summed E-state index contributed by atoms with van der Waals surface area (Å²) in [4.78, 5) is 27.0. The summed E-state index contributed by atoms with van der Waals surface area (Å²) in [6.07, 6.45) is 6.22. The third-order valence-corrected chi connectivity index (χ3v) is 4.13. The van der Waals surface area contributed by atoms with Crippen molar-refractivity contribution in [3.63, 3.8) is 0 Å². The highest BCUT2D eigenvalue weighted by atomic mass is 16.5. The maximum atomic E-state index is 12.6. The normalized spacial score (nSPS) is 18.2. The van der Waals surface area contributed by atoms with E-state index in [2.05, 4.69) is 15.0 Å². The van der Waals surface area contributed by atoms with E-state index in [1.807, 2.05) is 30.0 Å². The van der Waals surface area contributed by atoms with Gasteiger partial charge >= 0.3 is 0 Å². The highest BCUT2D eigenvalue weighted by molar-refractivity contribution is 5.78. The van der Waals surface area contributed by atoms with Gasteiger partial charge in [0.2, 0.25) is 5.91 Å². The number of pyridine rings is 1. The van der Waals surface area contributed by atoms with E-state index in [0.29, 0.717) is 32.7 Å². The van der Waals surface area contributed by atoms with E-state index in [4.69, 9.17) is 4.74 Å². The summed E-state index contributed by atoms with van der Waals surface area (Å²) in [5.74, 6) is 0.372. The Balaban J connectivity index is 1.62. The SMILES string of the molecule is Cc1cc(C[C@H]2COCCN(C(=O)Cc3cccnc3)C2)ncn1. The maximum absolute atomic E-state index is 12.6. The van der Waals surface area contributed by atoms with E-state index in [1.165, 1.54) is 0 Å². The van der Waals surface area contributed by atoms with Crippen LogP contribution in [0.1, 0.15) is 17.0 Å². The Morgan fingerprint density at radius 1 is 1.42 bits per heavy atom. The first kappa shape index (κ1) is 16.5. The summed E-state index contributed by atoms with van der Waals surface area (Å²) >= 11 is 0. The minimum Gasteiger partial charge on any atom is -0.379 e. The molecule has 0 saturated carbocycles. The van der Waals surface area contributed by atoms with E-state index in [-0.39, 0.29) is 11.8 Å². The number of aromatic nitrogens is 3. The van der Waals surface area contributed by atoms with Crippen molar-refractivity contribution in [2.24, 2.45) is 5.92 Å². The van der Waals surface area contributed by atoms with Crippen LogP contribution in [-0.4, -0.2) is 52.1 Å². The van der Waals surface area contributed by atoms with Crippen LogP contribution in [0.4, 0.5) is 0 Å². The second-order valence-electron chi connectivity index (χ2n) is 6.17. The second kappa shape index (κ2) is 7.97. The molecule has 0 aliphatic carbocycles. The summed E-state index contributed by atoms with van der Waals surface area (Å²) in [6.45, 7) is 4.52. The van der Waals surface area contributed by atoms with Gasteiger partial charge in [-0.15, -0.1) is 0 Å². The van der Waals surface area contributed by atoms with E-state index in [1.54, 1.807) is 18.7 Å². The van der Waals surface area contributed by atoms with Crippen LogP contribution < -0.4 is 0 Å². The Bertz CT molecular complexity index is 678. The van der Waals surface area contributed by atoms with Crippen LogP contribution in [0.3, 0.4) is 0 Å². The van der Waals surface area contributed by atoms with Gasteiger partial charge < -0.3 is 9.64 Å². The molecule has 2 aromatic heterocycles. The zero-order valence-electron chi connectivity index (χ0n) is 13.9. The van der Waals surface area contributed by atoms with Gasteiger partial charge in [-0.1, -0.05) is 6.07 Å². The molecule has 0 aromatic carbocycles. The van der Waals surface area contributed by atoms with Crippen molar-refractivity contribution in [1.82, 2.24) is 19.9 Å². The summed E-state index contributed by atoms with van der Waals surface area (Å²) in [5.41, 5.74) is 2.90. The molecule has 0 bridgehead atoms. The average molecular weight is 326 g/mol. The van der Waals surface area contributed by atoms with Gasteiger partial charge in [0, 0.05) is 42.8 Å². The Kier molecular flexibility index (Phi) is 5.48. The number of hydrogen-bond donors (Lipinski definition) is 0. The maximum Gasteiger partial charge on any atom is 0.227 e. The number of carbonyl (C=O) groups excluding carboxylic acids is 1. The zero-order chi connectivity index (χ0) is 16.8. The molecule has 6 heteroatoms. The molecule has 6 nitrogen and oxygen atoms in total. The van der Waals surface area contributed by atoms with Crippen molar-refractivity contribution in [2.45, 2.75) is 19.8 Å². The standard InChI is InChI=1S/C18H22N4O2/c1-14-7-17(21-13-20-14)8-16-11-22(5-6-24-12-16)18(23)9-15-3-2-4-19-10-15/h2-4,7,10,13,16H,5-6,8-9,11-12H2,1H3/t16-/m1/s1. The first-order chi connectivity index (χ1) is 11.7. The fourth-order valence-corrected chi connectivity index (χ4v) is 2.94. The molecule has 24 heavy (non-hydrogen) atoms. The fraction of sp³-hybridized carbons (Fsp3) is 0.444. The van der Waals surface area contributed by atoms with Gasteiger partial charge in [-0.2, -0.15) is 0 Å². The number of rotatable bonds is 4. The number of hydrogen-bond acceptors (Lipinski definition) is 5. The topological polar surface area (TPSA) is 68.2 Å². The van der Waals surface area contributed by atoms with Gasteiger partial charge in [-0.05, 0) is 31.0 Å². The van der Waals surface area contributed by atoms with Crippen LogP contribution in [0.25, 0.3) is 0 Å².